The summed E-state index contributed by atoms with van der Waals surface area (Å²) in [5.41, 5.74) is 5.60. The van der Waals surface area contributed by atoms with Gasteiger partial charge in [-0.15, -0.1) is 0 Å². The van der Waals surface area contributed by atoms with Gasteiger partial charge < -0.3 is 10.5 Å². The first-order valence-corrected chi connectivity index (χ1v) is 5.28. The van der Waals surface area contributed by atoms with E-state index in [0.717, 1.165) is 12.5 Å². The Balaban J connectivity index is 2.67. The van der Waals surface area contributed by atoms with Gasteiger partial charge in [-0.3, -0.25) is 0 Å². The highest BCUT2D eigenvalue weighted by Crippen LogP contribution is 2.17. The van der Waals surface area contributed by atoms with Crippen molar-refractivity contribution < 1.29 is 13.5 Å². The van der Waals surface area contributed by atoms with Crippen molar-refractivity contribution in [3.05, 3.63) is 35.4 Å². The Morgan fingerprint density at radius 2 is 1.81 bits per heavy atom. The van der Waals surface area contributed by atoms with Crippen molar-refractivity contribution in [1.29, 1.82) is 0 Å². The molecule has 0 bridgehead atoms. The third kappa shape index (κ3) is 3.54. The minimum absolute atomic E-state index is 0.163. The molecule has 90 valence electrons. The molecule has 1 atom stereocenters. The minimum atomic E-state index is -0.593. The maximum atomic E-state index is 12.9. The lowest BCUT2D eigenvalue weighted by atomic mass is 10.0. The van der Waals surface area contributed by atoms with Crippen molar-refractivity contribution >= 4 is 0 Å². The first kappa shape index (κ1) is 13.1. The van der Waals surface area contributed by atoms with E-state index < -0.39 is 17.2 Å². The highest BCUT2D eigenvalue weighted by Gasteiger charge is 2.20. The molecular weight excluding hydrogens is 212 g/mol. The maximum Gasteiger partial charge on any atom is 0.126 e. The van der Waals surface area contributed by atoms with E-state index in [9.17, 15) is 8.78 Å². The van der Waals surface area contributed by atoms with Crippen LogP contribution in [0.15, 0.2) is 18.2 Å². The lowest BCUT2D eigenvalue weighted by Crippen LogP contribution is -2.36. The number of rotatable bonds is 5. The van der Waals surface area contributed by atoms with Gasteiger partial charge in [0.25, 0.3) is 0 Å². The molecule has 1 aromatic rings. The Labute approximate surface area is 94.4 Å². The second-order valence-corrected chi connectivity index (χ2v) is 4.07. The fraction of sp³-hybridized carbons (Fsp3) is 0.500. The maximum absolute atomic E-state index is 12.9. The molecule has 0 spiro atoms. The molecule has 0 aliphatic carbocycles. The predicted molar refractivity (Wildman–Crippen MR) is 58.9 cm³/mol. The Kier molecular flexibility index (Phi) is 4.38. The van der Waals surface area contributed by atoms with Crippen LogP contribution in [0.5, 0.6) is 0 Å². The number of halogens is 2. The Morgan fingerprint density at radius 3 is 2.25 bits per heavy atom. The van der Waals surface area contributed by atoms with Gasteiger partial charge in [0.1, 0.15) is 11.6 Å². The average molecular weight is 229 g/mol. The Hall–Kier alpha value is -1.00. The molecule has 0 saturated carbocycles. The van der Waals surface area contributed by atoms with Gasteiger partial charge in [-0.1, -0.05) is 6.92 Å². The smallest absolute Gasteiger partial charge is 0.126 e. The number of nitrogens with two attached hydrogens (primary N) is 1. The average Bonchev–Trinajstić information content (AvgIpc) is 2.25. The summed E-state index contributed by atoms with van der Waals surface area (Å²) in [6.45, 7) is 4.37. The van der Waals surface area contributed by atoms with Gasteiger partial charge in [-0.25, -0.2) is 8.78 Å². The third-order valence-electron chi connectivity index (χ3n) is 2.69. The lowest BCUT2D eigenvalue weighted by Gasteiger charge is -2.26. The second-order valence-electron chi connectivity index (χ2n) is 4.07. The molecule has 2 nitrogen and oxygen atoms in total. The van der Waals surface area contributed by atoms with Crippen LogP contribution in [0.4, 0.5) is 8.78 Å². The van der Waals surface area contributed by atoms with Crippen LogP contribution in [0.3, 0.4) is 0 Å². The normalized spacial score (nSPS) is 14.8. The zero-order chi connectivity index (χ0) is 12.2. The molecule has 0 saturated heterocycles. The van der Waals surface area contributed by atoms with Crippen molar-refractivity contribution in [2.45, 2.75) is 32.5 Å². The van der Waals surface area contributed by atoms with E-state index in [4.69, 9.17) is 10.5 Å². The largest absolute Gasteiger partial charge is 0.369 e. The van der Waals surface area contributed by atoms with Gasteiger partial charge in [-0.2, -0.15) is 0 Å². The third-order valence-corrected chi connectivity index (χ3v) is 2.69. The molecule has 4 heteroatoms. The van der Waals surface area contributed by atoms with Crippen LogP contribution in [0.25, 0.3) is 0 Å². The molecule has 1 unspecified atom stereocenters. The summed E-state index contributed by atoms with van der Waals surface area (Å²) in [6.07, 6.45) is 0.751. The van der Waals surface area contributed by atoms with Crippen molar-refractivity contribution in [3.8, 4) is 0 Å². The Morgan fingerprint density at radius 1 is 1.25 bits per heavy atom. The van der Waals surface area contributed by atoms with Crippen LogP contribution < -0.4 is 5.73 Å². The molecule has 0 aromatic heterocycles. The van der Waals surface area contributed by atoms with Gasteiger partial charge in [-0.05, 0) is 31.0 Å². The molecular formula is C12H17F2NO. The molecule has 0 aliphatic rings. The van der Waals surface area contributed by atoms with E-state index in [1.54, 1.807) is 0 Å². The van der Waals surface area contributed by atoms with Gasteiger partial charge >= 0.3 is 0 Å². The van der Waals surface area contributed by atoms with Crippen molar-refractivity contribution in [1.82, 2.24) is 0 Å². The van der Waals surface area contributed by atoms with Crippen LogP contribution in [-0.4, -0.2) is 12.1 Å². The van der Waals surface area contributed by atoms with Crippen LogP contribution >= 0.6 is 0 Å². The summed E-state index contributed by atoms with van der Waals surface area (Å²) in [5.74, 6) is -1.19. The number of benzene rings is 1. The standard InChI is InChI=1S/C12H17F2NO/c1-3-12(2,8-15)16-7-9-4-10(13)6-11(14)5-9/h4-6H,3,7-8,15H2,1-2H3. The number of hydrogen-bond acceptors (Lipinski definition) is 2. The summed E-state index contributed by atoms with van der Waals surface area (Å²) in [4.78, 5) is 0. The zero-order valence-electron chi connectivity index (χ0n) is 9.59. The van der Waals surface area contributed by atoms with E-state index in [2.05, 4.69) is 0 Å². The van der Waals surface area contributed by atoms with E-state index in [1.165, 1.54) is 12.1 Å². The van der Waals surface area contributed by atoms with Crippen LogP contribution in [0.1, 0.15) is 25.8 Å². The Bertz CT molecular complexity index is 331. The first-order chi connectivity index (χ1) is 7.49. The molecule has 0 aliphatic heterocycles. The van der Waals surface area contributed by atoms with Crippen molar-refractivity contribution in [2.75, 3.05) is 6.54 Å². The van der Waals surface area contributed by atoms with E-state index in [0.29, 0.717) is 12.1 Å². The summed E-state index contributed by atoms with van der Waals surface area (Å²) < 4.78 is 31.3. The second kappa shape index (κ2) is 5.37. The van der Waals surface area contributed by atoms with Gasteiger partial charge in [0, 0.05) is 12.6 Å². The summed E-state index contributed by atoms with van der Waals surface area (Å²) >= 11 is 0. The molecule has 0 heterocycles. The molecule has 0 amide bonds. The molecule has 1 aromatic carbocycles. The minimum Gasteiger partial charge on any atom is -0.369 e. The van der Waals surface area contributed by atoms with Crippen molar-refractivity contribution in [2.24, 2.45) is 5.73 Å². The van der Waals surface area contributed by atoms with Gasteiger partial charge in [0.2, 0.25) is 0 Å². The van der Waals surface area contributed by atoms with Gasteiger partial charge in [0.05, 0.1) is 12.2 Å². The van der Waals surface area contributed by atoms with Gasteiger partial charge in [0.15, 0.2) is 0 Å². The van der Waals surface area contributed by atoms with Crippen molar-refractivity contribution in [3.63, 3.8) is 0 Å². The SMILES string of the molecule is CCC(C)(CN)OCc1cc(F)cc(F)c1. The first-order valence-electron chi connectivity index (χ1n) is 5.28. The number of hydrogen-bond donors (Lipinski definition) is 1. The summed E-state index contributed by atoms with van der Waals surface area (Å²) in [6, 6.07) is 3.36. The summed E-state index contributed by atoms with van der Waals surface area (Å²) in [7, 11) is 0. The van der Waals surface area contributed by atoms with E-state index >= 15 is 0 Å². The van der Waals surface area contributed by atoms with Crippen LogP contribution in [-0.2, 0) is 11.3 Å². The molecule has 16 heavy (non-hydrogen) atoms. The molecule has 2 N–H and O–H groups in total. The van der Waals surface area contributed by atoms with Crippen LogP contribution in [0, 0.1) is 11.6 Å². The summed E-state index contributed by atoms with van der Waals surface area (Å²) in [5, 5.41) is 0. The quantitative estimate of drug-likeness (QED) is 0.842. The molecule has 1 rings (SSSR count). The highest BCUT2D eigenvalue weighted by molar-refractivity contribution is 5.17. The topological polar surface area (TPSA) is 35.2 Å². The fourth-order valence-electron chi connectivity index (χ4n) is 1.26. The molecule has 0 fully saturated rings. The zero-order valence-corrected chi connectivity index (χ0v) is 9.59. The molecule has 0 radical (unpaired) electrons. The van der Waals surface area contributed by atoms with E-state index in [1.807, 2.05) is 13.8 Å². The van der Waals surface area contributed by atoms with E-state index in [-0.39, 0.29) is 6.61 Å². The van der Waals surface area contributed by atoms with Crippen LogP contribution in [0.2, 0.25) is 0 Å². The number of ether oxygens (including phenoxy) is 1. The highest BCUT2D eigenvalue weighted by atomic mass is 19.1. The predicted octanol–water partition coefficient (Wildman–Crippen LogP) is 2.61. The fourth-order valence-corrected chi connectivity index (χ4v) is 1.26. The monoisotopic (exact) mass is 229 g/mol. The lowest BCUT2D eigenvalue weighted by molar-refractivity contribution is -0.0389.